The highest BCUT2D eigenvalue weighted by Gasteiger charge is 2.35. The van der Waals surface area contributed by atoms with Gasteiger partial charge in [-0.1, -0.05) is 40.5 Å². The molecule has 18 heavy (non-hydrogen) atoms. The van der Waals surface area contributed by atoms with Gasteiger partial charge in [0.15, 0.2) is 0 Å². The highest BCUT2D eigenvalue weighted by molar-refractivity contribution is 5.83. The summed E-state index contributed by atoms with van der Waals surface area (Å²) in [6, 6.07) is -0.00107. The van der Waals surface area contributed by atoms with Crippen LogP contribution in [0.1, 0.15) is 60.3 Å². The predicted molar refractivity (Wildman–Crippen MR) is 76.2 cm³/mol. The molecule has 3 nitrogen and oxygen atoms in total. The first-order chi connectivity index (χ1) is 8.41. The van der Waals surface area contributed by atoms with E-state index in [0.29, 0.717) is 5.92 Å². The summed E-state index contributed by atoms with van der Waals surface area (Å²) < 4.78 is 0. The molecule has 1 heterocycles. The predicted octanol–water partition coefficient (Wildman–Crippen LogP) is 3.01. The van der Waals surface area contributed by atoms with Crippen LogP contribution in [-0.4, -0.2) is 29.6 Å². The number of hydrogen-bond acceptors (Lipinski definition) is 2. The molecule has 0 spiro atoms. The molecule has 1 aliphatic rings. The molecule has 1 fully saturated rings. The van der Waals surface area contributed by atoms with Crippen molar-refractivity contribution in [3.8, 4) is 0 Å². The zero-order valence-corrected chi connectivity index (χ0v) is 12.7. The van der Waals surface area contributed by atoms with E-state index in [4.69, 9.17) is 0 Å². The van der Waals surface area contributed by atoms with E-state index in [1.807, 2.05) is 6.92 Å². The summed E-state index contributed by atoms with van der Waals surface area (Å²) in [4.78, 5) is 14.1. The van der Waals surface area contributed by atoms with Gasteiger partial charge in [0.05, 0.1) is 12.2 Å². The zero-order valence-electron chi connectivity index (χ0n) is 12.7. The van der Waals surface area contributed by atoms with Gasteiger partial charge in [-0.05, 0) is 31.6 Å². The molecule has 1 saturated heterocycles. The molecule has 0 radical (unpaired) electrons. The number of carbonyl (C=O) groups is 1. The van der Waals surface area contributed by atoms with Gasteiger partial charge in [0, 0.05) is 6.54 Å². The van der Waals surface area contributed by atoms with Crippen LogP contribution < -0.4 is 5.32 Å². The summed E-state index contributed by atoms with van der Waals surface area (Å²) >= 11 is 0. The summed E-state index contributed by atoms with van der Waals surface area (Å²) in [7, 11) is 0. The molecule has 0 aromatic rings. The van der Waals surface area contributed by atoms with Crippen molar-refractivity contribution in [1.82, 2.24) is 10.2 Å². The summed E-state index contributed by atoms with van der Waals surface area (Å²) in [6.45, 7) is 11.8. The van der Waals surface area contributed by atoms with Crippen molar-refractivity contribution in [2.24, 2.45) is 11.8 Å². The third kappa shape index (κ3) is 4.60. The van der Waals surface area contributed by atoms with Crippen molar-refractivity contribution in [2.45, 2.75) is 72.5 Å². The van der Waals surface area contributed by atoms with E-state index in [1.165, 1.54) is 12.8 Å². The standard InChI is InChI=1S/C15H30N2O/c1-11(2)8-6-7-9-17-14(10-12(3)4)16-13(5)15(17)18/h11-14,16H,6-10H2,1-5H3. The minimum atomic E-state index is -0.00107. The molecular formula is C15H30N2O. The number of carbonyl (C=O) groups excluding carboxylic acids is 1. The monoisotopic (exact) mass is 254 g/mol. The number of amides is 1. The van der Waals surface area contributed by atoms with E-state index in [0.717, 1.165) is 25.3 Å². The highest BCUT2D eigenvalue weighted by Crippen LogP contribution is 2.18. The van der Waals surface area contributed by atoms with Crippen LogP contribution in [0.5, 0.6) is 0 Å². The number of hydrogen-bond donors (Lipinski definition) is 1. The van der Waals surface area contributed by atoms with E-state index >= 15 is 0 Å². The van der Waals surface area contributed by atoms with Crippen molar-refractivity contribution in [2.75, 3.05) is 6.54 Å². The van der Waals surface area contributed by atoms with Crippen LogP contribution >= 0.6 is 0 Å². The topological polar surface area (TPSA) is 32.3 Å². The van der Waals surface area contributed by atoms with Crippen molar-refractivity contribution in [1.29, 1.82) is 0 Å². The lowest BCUT2D eigenvalue weighted by molar-refractivity contribution is -0.130. The Morgan fingerprint density at radius 1 is 1.17 bits per heavy atom. The van der Waals surface area contributed by atoms with Crippen molar-refractivity contribution in [3.63, 3.8) is 0 Å². The molecule has 1 N–H and O–H groups in total. The van der Waals surface area contributed by atoms with Crippen LogP contribution in [0, 0.1) is 11.8 Å². The van der Waals surface area contributed by atoms with E-state index in [1.54, 1.807) is 0 Å². The fraction of sp³-hybridized carbons (Fsp3) is 0.933. The average Bonchev–Trinajstić information content (AvgIpc) is 2.50. The van der Waals surface area contributed by atoms with Crippen LogP contribution in [0.3, 0.4) is 0 Å². The summed E-state index contributed by atoms with van der Waals surface area (Å²) in [5, 5.41) is 3.41. The highest BCUT2D eigenvalue weighted by atomic mass is 16.2. The third-order valence-electron chi connectivity index (χ3n) is 3.60. The van der Waals surface area contributed by atoms with E-state index in [-0.39, 0.29) is 18.1 Å². The van der Waals surface area contributed by atoms with Gasteiger partial charge >= 0.3 is 0 Å². The molecule has 0 bridgehead atoms. The van der Waals surface area contributed by atoms with Gasteiger partial charge in [-0.3, -0.25) is 10.1 Å². The maximum absolute atomic E-state index is 12.1. The largest absolute Gasteiger partial charge is 0.326 e. The lowest BCUT2D eigenvalue weighted by Crippen LogP contribution is -2.39. The minimum absolute atomic E-state index is 0.00107. The molecule has 0 aliphatic carbocycles. The van der Waals surface area contributed by atoms with Crippen molar-refractivity contribution < 1.29 is 4.79 Å². The maximum Gasteiger partial charge on any atom is 0.240 e. The number of nitrogens with one attached hydrogen (secondary N) is 1. The van der Waals surface area contributed by atoms with E-state index in [9.17, 15) is 4.79 Å². The van der Waals surface area contributed by atoms with Crippen LogP contribution in [0.25, 0.3) is 0 Å². The Morgan fingerprint density at radius 3 is 2.39 bits per heavy atom. The number of unbranched alkanes of at least 4 members (excludes halogenated alkanes) is 1. The fourth-order valence-electron chi connectivity index (χ4n) is 2.59. The normalized spacial score (nSPS) is 24.6. The Kier molecular flexibility index (Phi) is 6.13. The first kappa shape index (κ1) is 15.5. The second-order valence-electron chi connectivity index (χ2n) is 6.45. The number of nitrogens with zero attached hydrogens (tertiary/aromatic N) is 1. The quantitative estimate of drug-likeness (QED) is 0.708. The molecule has 3 heteroatoms. The van der Waals surface area contributed by atoms with Crippen LogP contribution in [0.15, 0.2) is 0 Å². The Balaban J connectivity index is 2.41. The lowest BCUT2D eigenvalue weighted by atomic mass is 10.1. The zero-order chi connectivity index (χ0) is 13.7. The Labute approximate surface area is 112 Å². The molecule has 0 saturated carbocycles. The first-order valence-corrected chi connectivity index (χ1v) is 7.48. The van der Waals surface area contributed by atoms with Gasteiger partial charge in [-0.25, -0.2) is 0 Å². The summed E-state index contributed by atoms with van der Waals surface area (Å²) in [5.74, 6) is 1.67. The molecule has 2 atom stereocenters. The van der Waals surface area contributed by atoms with Crippen molar-refractivity contribution >= 4 is 5.91 Å². The fourth-order valence-corrected chi connectivity index (χ4v) is 2.59. The minimum Gasteiger partial charge on any atom is -0.326 e. The van der Waals surface area contributed by atoms with Crippen LogP contribution in [0.4, 0.5) is 0 Å². The van der Waals surface area contributed by atoms with Gasteiger partial charge in [0.25, 0.3) is 0 Å². The van der Waals surface area contributed by atoms with Gasteiger partial charge in [0.2, 0.25) is 5.91 Å². The molecule has 0 aromatic carbocycles. The summed E-state index contributed by atoms with van der Waals surface area (Å²) in [6.07, 6.45) is 4.93. The van der Waals surface area contributed by atoms with Gasteiger partial charge in [-0.2, -0.15) is 0 Å². The molecule has 106 valence electrons. The maximum atomic E-state index is 12.1. The SMILES string of the molecule is CC(C)CCCCN1C(=O)C(C)NC1CC(C)C. The smallest absolute Gasteiger partial charge is 0.240 e. The van der Waals surface area contributed by atoms with E-state index < -0.39 is 0 Å². The van der Waals surface area contributed by atoms with Crippen LogP contribution in [-0.2, 0) is 4.79 Å². The average molecular weight is 254 g/mol. The lowest BCUT2D eigenvalue weighted by Gasteiger charge is -2.25. The molecule has 2 unspecified atom stereocenters. The Hall–Kier alpha value is -0.570. The Bertz CT molecular complexity index is 263. The second-order valence-corrected chi connectivity index (χ2v) is 6.45. The third-order valence-corrected chi connectivity index (χ3v) is 3.60. The molecule has 1 rings (SSSR count). The molecular weight excluding hydrogens is 224 g/mol. The van der Waals surface area contributed by atoms with Gasteiger partial charge in [0.1, 0.15) is 0 Å². The second kappa shape index (κ2) is 7.13. The van der Waals surface area contributed by atoms with E-state index in [2.05, 4.69) is 37.9 Å². The Morgan fingerprint density at radius 2 is 1.83 bits per heavy atom. The van der Waals surface area contributed by atoms with Gasteiger partial charge < -0.3 is 4.90 Å². The molecule has 1 amide bonds. The number of rotatable bonds is 7. The van der Waals surface area contributed by atoms with Gasteiger partial charge in [-0.15, -0.1) is 0 Å². The molecule has 0 aromatic heterocycles. The molecule has 1 aliphatic heterocycles. The van der Waals surface area contributed by atoms with Crippen molar-refractivity contribution in [3.05, 3.63) is 0 Å². The van der Waals surface area contributed by atoms with Crippen LogP contribution in [0.2, 0.25) is 0 Å². The summed E-state index contributed by atoms with van der Waals surface area (Å²) in [5.41, 5.74) is 0. The first-order valence-electron chi connectivity index (χ1n) is 7.48.